The zero-order valence-electron chi connectivity index (χ0n) is 10.1. The van der Waals surface area contributed by atoms with Gasteiger partial charge in [-0.15, -0.1) is 0 Å². The van der Waals surface area contributed by atoms with Crippen LogP contribution in [0.4, 0.5) is 5.13 Å². The van der Waals surface area contributed by atoms with Crippen molar-refractivity contribution >= 4 is 16.7 Å². The van der Waals surface area contributed by atoms with Crippen LogP contribution < -0.4 is 5.32 Å². The van der Waals surface area contributed by atoms with Gasteiger partial charge >= 0.3 is 0 Å². The molecule has 0 aliphatic carbocycles. The molecule has 1 N–H and O–H groups in total. The van der Waals surface area contributed by atoms with Crippen molar-refractivity contribution in [2.75, 3.05) is 11.9 Å². The lowest BCUT2D eigenvalue weighted by atomic mass is 10.2. The van der Waals surface area contributed by atoms with Gasteiger partial charge in [0.15, 0.2) is 5.82 Å². The van der Waals surface area contributed by atoms with Gasteiger partial charge in [-0.25, -0.2) is 4.98 Å². The molecule has 0 aromatic carbocycles. The normalized spacial score (nSPS) is 11.1. The molecule has 0 saturated heterocycles. The molecule has 6 nitrogen and oxygen atoms in total. The van der Waals surface area contributed by atoms with Crippen LogP contribution in [0.15, 0.2) is 4.52 Å². The quantitative estimate of drug-likeness (QED) is 0.878. The number of rotatable bonds is 5. The minimum atomic E-state index is 0.363. The number of anilines is 1. The van der Waals surface area contributed by atoms with Crippen molar-refractivity contribution in [1.29, 1.82) is 0 Å². The van der Waals surface area contributed by atoms with E-state index in [9.17, 15) is 0 Å². The fourth-order valence-electron chi connectivity index (χ4n) is 1.27. The number of aryl methyl sites for hydroxylation is 1. The highest BCUT2D eigenvalue weighted by Crippen LogP contribution is 2.16. The number of nitrogens with zero attached hydrogens (tertiary/aromatic N) is 4. The summed E-state index contributed by atoms with van der Waals surface area (Å²) in [5.74, 6) is 2.55. The minimum Gasteiger partial charge on any atom is -0.360 e. The highest BCUT2D eigenvalue weighted by molar-refractivity contribution is 7.09. The smallest absolute Gasteiger partial charge is 0.223 e. The maximum absolute atomic E-state index is 4.89. The summed E-state index contributed by atoms with van der Waals surface area (Å²) < 4.78 is 9.15. The largest absolute Gasteiger partial charge is 0.360 e. The molecule has 7 heteroatoms. The Hall–Kier alpha value is -1.50. The second-order valence-corrected chi connectivity index (χ2v) is 4.77. The summed E-state index contributed by atoms with van der Waals surface area (Å²) in [6.45, 7) is 6.66. The average Bonchev–Trinajstić information content (AvgIpc) is 2.88. The van der Waals surface area contributed by atoms with E-state index in [4.69, 9.17) is 4.52 Å². The van der Waals surface area contributed by atoms with Crippen LogP contribution in [0, 0.1) is 6.92 Å². The van der Waals surface area contributed by atoms with E-state index in [-0.39, 0.29) is 0 Å². The molecule has 0 saturated carbocycles. The maximum atomic E-state index is 4.89. The zero-order chi connectivity index (χ0) is 12.3. The van der Waals surface area contributed by atoms with Crippen LogP contribution in [0.1, 0.15) is 37.3 Å². The summed E-state index contributed by atoms with van der Waals surface area (Å²) in [7, 11) is 0. The summed E-state index contributed by atoms with van der Waals surface area (Å²) in [6, 6.07) is 0. The first-order valence-corrected chi connectivity index (χ1v) is 6.29. The van der Waals surface area contributed by atoms with Crippen LogP contribution in [0.2, 0.25) is 0 Å². The van der Waals surface area contributed by atoms with E-state index in [1.165, 1.54) is 11.5 Å². The second kappa shape index (κ2) is 5.22. The molecule has 2 aromatic rings. The minimum absolute atomic E-state index is 0.363. The summed E-state index contributed by atoms with van der Waals surface area (Å²) in [5, 5.41) is 7.86. The van der Waals surface area contributed by atoms with Crippen LogP contribution in [0.25, 0.3) is 0 Å². The van der Waals surface area contributed by atoms with Gasteiger partial charge in [-0.2, -0.15) is 9.36 Å². The summed E-state index contributed by atoms with van der Waals surface area (Å²) in [4.78, 5) is 8.50. The first-order valence-electron chi connectivity index (χ1n) is 5.52. The van der Waals surface area contributed by atoms with Crippen molar-refractivity contribution in [3.63, 3.8) is 0 Å². The Kier molecular flexibility index (Phi) is 3.68. The number of hydrogen-bond donors (Lipinski definition) is 1. The average molecular weight is 253 g/mol. The Morgan fingerprint density at radius 3 is 2.76 bits per heavy atom. The van der Waals surface area contributed by atoms with Gasteiger partial charge in [0.05, 0.1) is 0 Å². The third-order valence-electron chi connectivity index (χ3n) is 2.15. The van der Waals surface area contributed by atoms with Gasteiger partial charge in [0.2, 0.25) is 11.0 Å². The van der Waals surface area contributed by atoms with Crippen LogP contribution in [-0.2, 0) is 6.42 Å². The molecule has 0 radical (unpaired) electrons. The molecule has 0 bridgehead atoms. The van der Waals surface area contributed by atoms with E-state index in [0.29, 0.717) is 24.1 Å². The second-order valence-electron chi connectivity index (χ2n) is 4.02. The van der Waals surface area contributed by atoms with Crippen molar-refractivity contribution in [3.05, 3.63) is 17.5 Å². The SMILES string of the molecule is Cc1nc(CCNc2nc(C(C)C)ns2)no1. The number of aromatic nitrogens is 4. The third kappa shape index (κ3) is 3.23. The molecule has 0 unspecified atom stereocenters. The van der Waals surface area contributed by atoms with E-state index >= 15 is 0 Å². The van der Waals surface area contributed by atoms with Gasteiger partial charge < -0.3 is 9.84 Å². The zero-order valence-corrected chi connectivity index (χ0v) is 10.9. The molecule has 92 valence electrons. The van der Waals surface area contributed by atoms with Gasteiger partial charge in [-0.1, -0.05) is 19.0 Å². The maximum Gasteiger partial charge on any atom is 0.223 e. The van der Waals surface area contributed by atoms with Crippen molar-refractivity contribution < 1.29 is 4.52 Å². The van der Waals surface area contributed by atoms with Crippen LogP contribution in [0.3, 0.4) is 0 Å². The predicted octanol–water partition coefficient (Wildman–Crippen LogP) is 2.01. The van der Waals surface area contributed by atoms with Gasteiger partial charge in [-0.05, 0) is 0 Å². The Balaban J connectivity index is 1.81. The molecular formula is C10H15N5OS. The van der Waals surface area contributed by atoms with Gasteiger partial charge in [0.25, 0.3) is 0 Å². The van der Waals surface area contributed by atoms with E-state index in [1.807, 2.05) is 0 Å². The lowest BCUT2D eigenvalue weighted by Crippen LogP contribution is -2.06. The van der Waals surface area contributed by atoms with Crippen LogP contribution in [-0.4, -0.2) is 26.0 Å². The van der Waals surface area contributed by atoms with E-state index < -0.39 is 0 Å². The highest BCUT2D eigenvalue weighted by Gasteiger charge is 2.07. The first-order chi connectivity index (χ1) is 8.15. The highest BCUT2D eigenvalue weighted by atomic mass is 32.1. The summed E-state index contributed by atoms with van der Waals surface area (Å²) >= 11 is 1.38. The van der Waals surface area contributed by atoms with E-state index in [0.717, 1.165) is 17.5 Å². The molecule has 0 fully saturated rings. The van der Waals surface area contributed by atoms with E-state index in [1.54, 1.807) is 6.92 Å². The summed E-state index contributed by atoms with van der Waals surface area (Å²) in [6.07, 6.45) is 0.716. The molecule has 0 aliphatic rings. The Morgan fingerprint density at radius 2 is 2.18 bits per heavy atom. The van der Waals surface area contributed by atoms with Crippen molar-refractivity contribution in [1.82, 2.24) is 19.5 Å². The lowest BCUT2D eigenvalue weighted by Gasteiger charge is -1.98. The van der Waals surface area contributed by atoms with Gasteiger partial charge in [0, 0.05) is 37.3 Å². The first kappa shape index (κ1) is 12.0. The fraction of sp³-hybridized carbons (Fsp3) is 0.600. The molecule has 2 heterocycles. The number of nitrogens with one attached hydrogen (secondary N) is 1. The van der Waals surface area contributed by atoms with Gasteiger partial charge in [-0.3, -0.25) is 0 Å². The molecular weight excluding hydrogens is 238 g/mol. The van der Waals surface area contributed by atoms with Crippen LogP contribution >= 0.6 is 11.5 Å². The molecule has 2 rings (SSSR count). The number of hydrogen-bond acceptors (Lipinski definition) is 7. The topological polar surface area (TPSA) is 76.7 Å². The molecule has 0 atom stereocenters. The van der Waals surface area contributed by atoms with Crippen LogP contribution in [0.5, 0.6) is 0 Å². The Labute approximate surface area is 104 Å². The Morgan fingerprint density at radius 1 is 1.35 bits per heavy atom. The molecule has 2 aromatic heterocycles. The molecule has 0 amide bonds. The van der Waals surface area contributed by atoms with Gasteiger partial charge in [0.1, 0.15) is 5.82 Å². The lowest BCUT2D eigenvalue weighted by molar-refractivity contribution is 0.387. The standard InChI is InChI=1S/C10H15N5OS/c1-6(2)9-13-10(17-15-9)11-5-4-8-12-7(3)16-14-8/h6H,4-5H2,1-3H3,(H,11,13,15). The summed E-state index contributed by atoms with van der Waals surface area (Å²) in [5.41, 5.74) is 0. The van der Waals surface area contributed by atoms with Crippen molar-refractivity contribution in [2.45, 2.75) is 33.1 Å². The monoisotopic (exact) mass is 253 g/mol. The Bertz CT molecular complexity index is 479. The fourth-order valence-corrected chi connectivity index (χ4v) is 2.00. The predicted molar refractivity (Wildman–Crippen MR) is 65.2 cm³/mol. The van der Waals surface area contributed by atoms with Crippen molar-refractivity contribution in [2.24, 2.45) is 0 Å². The van der Waals surface area contributed by atoms with E-state index in [2.05, 4.69) is 38.7 Å². The molecule has 0 aliphatic heterocycles. The third-order valence-corrected chi connectivity index (χ3v) is 2.84. The molecule has 17 heavy (non-hydrogen) atoms. The molecule has 0 spiro atoms. The van der Waals surface area contributed by atoms with Crippen molar-refractivity contribution in [3.8, 4) is 0 Å².